The first kappa shape index (κ1) is 14.5. The predicted octanol–water partition coefficient (Wildman–Crippen LogP) is 4.93. The van der Waals surface area contributed by atoms with Crippen molar-refractivity contribution in [2.75, 3.05) is 7.11 Å². The maximum absolute atomic E-state index is 12.5. The van der Waals surface area contributed by atoms with Crippen LogP contribution in [0.1, 0.15) is 5.56 Å². The minimum Gasteiger partial charge on any atom is -0.497 e. The summed E-state index contributed by atoms with van der Waals surface area (Å²) in [5.74, 6) is 0.755. The Morgan fingerprint density at radius 3 is 2.33 bits per heavy atom. The van der Waals surface area contributed by atoms with Crippen LogP contribution in [0.2, 0.25) is 0 Å². The Balaban J connectivity index is 2.00. The standard InChI is InChI=1S/C21H16O3/c1-13-11-15-12-19(14-7-9-16(23-2)10-8-14)21(22)24-20(15)18-6-4-3-5-17(13)18/h3-12H,1-2H3. The molecule has 24 heavy (non-hydrogen) atoms. The van der Waals surface area contributed by atoms with Crippen LogP contribution in [0.25, 0.3) is 32.9 Å². The zero-order chi connectivity index (χ0) is 16.7. The van der Waals surface area contributed by atoms with Gasteiger partial charge in [-0.25, -0.2) is 4.79 Å². The van der Waals surface area contributed by atoms with E-state index in [1.54, 1.807) is 7.11 Å². The molecule has 3 heteroatoms. The number of aryl methyl sites for hydroxylation is 1. The summed E-state index contributed by atoms with van der Waals surface area (Å²) in [5.41, 5.74) is 2.84. The molecule has 0 aliphatic heterocycles. The molecular weight excluding hydrogens is 300 g/mol. The number of hydrogen-bond donors (Lipinski definition) is 0. The summed E-state index contributed by atoms with van der Waals surface area (Å²) in [6, 6.07) is 19.4. The van der Waals surface area contributed by atoms with Gasteiger partial charge in [-0.3, -0.25) is 0 Å². The lowest BCUT2D eigenvalue weighted by molar-refractivity contribution is 0.415. The molecule has 118 valence electrons. The quantitative estimate of drug-likeness (QED) is 0.389. The third-order valence-electron chi connectivity index (χ3n) is 4.35. The average molecular weight is 316 g/mol. The predicted molar refractivity (Wildman–Crippen MR) is 96.7 cm³/mol. The molecule has 0 amide bonds. The first-order valence-electron chi connectivity index (χ1n) is 7.78. The van der Waals surface area contributed by atoms with Crippen molar-refractivity contribution in [1.82, 2.24) is 0 Å². The van der Waals surface area contributed by atoms with Gasteiger partial charge in [0.1, 0.15) is 11.3 Å². The highest BCUT2D eigenvalue weighted by Gasteiger charge is 2.11. The monoisotopic (exact) mass is 316 g/mol. The normalized spacial score (nSPS) is 11.1. The van der Waals surface area contributed by atoms with E-state index in [4.69, 9.17) is 9.15 Å². The van der Waals surface area contributed by atoms with Crippen LogP contribution >= 0.6 is 0 Å². The Kier molecular flexibility index (Phi) is 3.35. The maximum atomic E-state index is 12.5. The Hall–Kier alpha value is -3.07. The molecule has 0 bridgehead atoms. The van der Waals surface area contributed by atoms with Crippen LogP contribution in [0.4, 0.5) is 0 Å². The van der Waals surface area contributed by atoms with Crippen molar-refractivity contribution < 1.29 is 9.15 Å². The van der Waals surface area contributed by atoms with E-state index in [2.05, 4.69) is 13.0 Å². The number of ether oxygens (including phenoxy) is 1. The third-order valence-corrected chi connectivity index (χ3v) is 4.35. The maximum Gasteiger partial charge on any atom is 0.344 e. The summed E-state index contributed by atoms with van der Waals surface area (Å²) in [4.78, 5) is 12.5. The molecule has 0 N–H and O–H groups in total. The van der Waals surface area contributed by atoms with Gasteiger partial charge in [0.15, 0.2) is 0 Å². The molecule has 0 saturated carbocycles. The molecule has 4 aromatic rings. The molecule has 0 spiro atoms. The van der Waals surface area contributed by atoms with Gasteiger partial charge in [-0.2, -0.15) is 0 Å². The zero-order valence-corrected chi connectivity index (χ0v) is 13.5. The van der Waals surface area contributed by atoms with Crippen LogP contribution in [-0.2, 0) is 0 Å². The van der Waals surface area contributed by atoms with E-state index in [0.29, 0.717) is 11.1 Å². The number of hydrogen-bond acceptors (Lipinski definition) is 3. The molecule has 3 aromatic carbocycles. The SMILES string of the molecule is COc1ccc(-c2cc3cc(C)c4ccccc4c3oc2=O)cc1. The second kappa shape index (κ2) is 5.53. The van der Waals surface area contributed by atoms with Crippen LogP contribution in [0, 0.1) is 6.92 Å². The average Bonchev–Trinajstić information content (AvgIpc) is 2.62. The van der Waals surface area contributed by atoms with Gasteiger partial charge in [0.25, 0.3) is 0 Å². The molecule has 0 atom stereocenters. The summed E-state index contributed by atoms with van der Waals surface area (Å²) < 4.78 is 10.9. The minimum absolute atomic E-state index is 0.332. The fourth-order valence-electron chi connectivity index (χ4n) is 3.11. The molecule has 0 unspecified atom stereocenters. The summed E-state index contributed by atoms with van der Waals surface area (Å²) in [6.07, 6.45) is 0. The number of rotatable bonds is 2. The van der Waals surface area contributed by atoms with E-state index in [-0.39, 0.29) is 5.63 Å². The number of fused-ring (bicyclic) bond motifs is 3. The highest BCUT2D eigenvalue weighted by atomic mass is 16.5. The van der Waals surface area contributed by atoms with E-state index in [9.17, 15) is 4.79 Å². The number of benzene rings is 3. The van der Waals surface area contributed by atoms with E-state index in [1.807, 2.05) is 54.6 Å². The molecule has 0 radical (unpaired) electrons. The van der Waals surface area contributed by atoms with E-state index < -0.39 is 0 Å². The van der Waals surface area contributed by atoms with Crippen molar-refractivity contribution in [1.29, 1.82) is 0 Å². The number of methoxy groups -OCH3 is 1. The Bertz CT molecular complexity index is 1110. The van der Waals surface area contributed by atoms with Gasteiger partial charge in [0, 0.05) is 10.8 Å². The molecule has 0 saturated heterocycles. The molecule has 1 heterocycles. The van der Waals surface area contributed by atoms with Gasteiger partial charge in [-0.05, 0) is 47.7 Å². The van der Waals surface area contributed by atoms with Gasteiger partial charge >= 0.3 is 5.63 Å². The summed E-state index contributed by atoms with van der Waals surface area (Å²) >= 11 is 0. The van der Waals surface area contributed by atoms with Crippen molar-refractivity contribution in [3.05, 3.63) is 76.6 Å². The second-order valence-corrected chi connectivity index (χ2v) is 5.83. The molecule has 4 rings (SSSR count). The highest BCUT2D eigenvalue weighted by Crippen LogP contribution is 2.30. The molecule has 0 aliphatic rings. The van der Waals surface area contributed by atoms with Crippen LogP contribution in [0.15, 0.2) is 69.9 Å². The lowest BCUT2D eigenvalue weighted by Gasteiger charge is -2.08. The second-order valence-electron chi connectivity index (χ2n) is 5.83. The van der Waals surface area contributed by atoms with Crippen LogP contribution in [-0.4, -0.2) is 7.11 Å². The van der Waals surface area contributed by atoms with Crippen LogP contribution < -0.4 is 10.4 Å². The summed E-state index contributed by atoms with van der Waals surface area (Å²) in [7, 11) is 1.62. The Labute approximate surface area is 139 Å². The van der Waals surface area contributed by atoms with E-state index in [0.717, 1.165) is 33.0 Å². The van der Waals surface area contributed by atoms with Gasteiger partial charge in [-0.15, -0.1) is 0 Å². The topological polar surface area (TPSA) is 39.4 Å². The fraction of sp³-hybridized carbons (Fsp3) is 0.0952. The molecular formula is C21H16O3. The van der Waals surface area contributed by atoms with Crippen molar-refractivity contribution >= 4 is 21.7 Å². The van der Waals surface area contributed by atoms with Gasteiger partial charge < -0.3 is 9.15 Å². The molecule has 0 fully saturated rings. The minimum atomic E-state index is -0.332. The van der Waals surface area contributed by atoms with Crippen molar-refractivity contribution in [3.8, 4) is 16.9 Å². The lowest BCUT2D eigenvalue weighted by atomic mass is 10.00. The first-order chi connectivity index (χ1) is 11.7. The third kappa shape index (κ3) is 2.26. The Morgan fingerprint density at radius 1 is 0.917 bits per heavy atom. The highest BCUT2D eigenvalue weighted by molar-refractivity contribution is 6.06. The largest absolute Gasteiger partial charge is 0.497 e. The fourth-order valence-corrected chi connectivity index (χ4v) is 3.11. The summed E-state index contributed by atoms with van der Waals surface area (Å²) in [5, 5.41) is 2.99. The molecule has 0 aliphatic carbocycles. The zero-order valence-electron chi connectivity index (χ0n) is 13.5. The smallest absolute Gasteiger partial charge is 0.344 e. The molecule has 1 aromatic heterocycles. The molecule has 3 nitrogen and oxygen atoms in total. The lowest BCUT2D eigenvalue weighted by Crippen LogP contribution is -2.03. The van der Waals surface area contributed by atoms with Crippen LogP contribution in [0.5, 0.6) is 5.75 Å². The van der Waals surface area contributed by atoms with Crippen molar-refractivity contribution in [2.24, 2.45) is 0 Å². The van der Waals surface area contributed by atoms with Crippen molar-refractivity contribution in [3.63, 3.8) is 0 Å². The van der Waals surface area contributed by atoms with E-state index >= 15 is 0 Å². The summed E-state index contributed by atoms with van der Waals surface area (Å²) in [6.45, 7) is 2.07. The Morgan fingerprint density at radius 2 is 1.62 bits per heavy atom. The van der Waals surface area contributed by atoms with Crippen molar-refractivity contribution in [2.45, 2.75) is 6.92 Å². The van der Waals surface area contributed by atoms with Crippen LogP contribution in [0.3, 0.4) is 0 Å². The van der Waals surface area contributed by atoms with E-state index in [1.165, 1.54) is 0 Å². The van der Waals surface area contributed by atoms with Gasteiger partial charge in [0.2, 0.25) is 0 Å². The van der Waals surface area contributed by atoms with Gasteiger partial charge in [0.05, 0.1) is 12.7 Å². The first-order valence-corrected chi connectivity index (χ1v) is 7.78. The van der Waals surface area contributed by atoms with Gasteiger partial charge in [-0.1, -0.05) is 36.4 Å².